The van der Waals surface area contributed by atoms with Gasteiger partial charge in [0.1, 0.15) is 0 Å². The zero-order valence-corrected chi connectivity index (χ0v) is 19.6. The van der Waals surface area contributed by atoms with Crippen molar-refractivity contribution in [3.63, 3.8) is 0 Å². The lowest BCUT2D eigenvalue weighted by atomic mass is 10.1. The minimum atomic E-state index is -0.312. The highest BCUT2D eigenvalue weighted by Gasteiger charge is 2.16. The largest absolute Gasteiger partial charge is 0.379 e. The molecule has 1 aromatic heterocycles. The standard InChI is InChI=1S/C26H32N4O3/c1-26(2,3)28-25(32)20-6-4-19(5-7-20)24(31)27-22-8-9-23-21(18-22)10-11-30(23)13-12-29-14-16-33-17-15-29/h4-11,18H,12-17H2,1-3H3,(H,27,31)(H,28,32). The quantitative estimate of drug-likeness (QED) is 0.602. The number of aromatic nitrogens is 1. The van der Waals surface area contributed by atoms with Gasteiger partial charge in [-0.3, -0.25) is 14.5 Å². The molecule has 1 fully saturated rings. The maximum Gasteiger partial charge on any atom is 0.255 e. The monoisotopic (exact) mass is 448 g/mol. The van der Waals surface area contributed by atoms with E-state index in [2.05, 4.69) is 32.4 Å². The van der Waals surface area contributed by atoms with Crippen LogP contribution in [0.4, 0.5) is 5.69 Å². The van der Waals surface area contributed by atoms with Crippen LogP contribution in [0.2, 0.25) is 0 Å². The van der Waals surface area contributed by atoms with Crippen LogP contribution < -0.4 is 10.6 Å². The summed E-state index contributed by atoms with van der Waals surface area (Å²) in [6.07, 6.45) is 2.10. The van der Waals surface area contributed by atoms with Crippen LogP contribution in [0.25, 0.3) is 10.9 Å². The van der Waals surface area contributed by atoms with Crippen molar-refractivity contribution in [2.45, 2.75) is 32.9 Å². The van der Waals surface area contributed by atoms with Crippen LogP contribution in [0, 0.1) is 0 Å². The molecule has 1 saturated heterocycles. The second kappa shape index (κ2) is 9.77. The Balaban J connectivity index is 1.38. The van der Waals surface area contributed by atoms with Gasteiger partial charge in [0.2, 0.25) is 0 Å². The molecule has 0 saturated carbocycles. The van der Waals surface area contributed by atoms with E-state index in [0.29, 0.717) is 11.1 Å². The van der Waals surface area contributed by atoms with Crippen molar-refractivity contribution in [3.8, 4) is 0 Å². The van der Waals surface area contributed by atoms with Gasteiger partial charge in [-0.15, -0.1) is 0 Å². The molecule has 7 nitrogen and oxygen atoms in total. The Bertz CT molecular complexity index is 1120. The molecule has 2 aromatic carbocycles. The topological polar surface area (TPSA) is 75.6 Å². The molecular weight excluding hydrogens is 416 g/mol. The summed E-state index contributed by atoms with van der Waals surface area (Å²) in [4.78, 5) is 27.4. The number of rotatable bonds is 6. The van der Waals surface area contributed by atoms with E-state index in [1.54, 1.807) is 24.3 Å². The highest BCUT2D eigenvalue weighted by molar-refractivity contribution is 6.06. The second-order valence-corrected chi connectivity index (χ2v) is 9.47. The number of carbonyl (C=O) groups excluding carboxylic acids is 2. The molecule has 2 N–H and O–H groups in total. The first-order valence-electron chi connectivity index (χ1n) is 11.4. The Hall–Kier alpha value is -3.16. The van der Waals surface area contributed by atoms with Gasteiger partial charge in [-0.2, -0.15) is 0 Å². The summed E-state index contributed by atoms with van der Waals surface area (Å²) in [5, 5.41) is 6.97. The molecule has 2 heterocycles. The average molecular weight is 449 g/mol. The number of ether oxygens (including phenoxy) is 1. The van der Waals surface area contributed by atoms with Crippen molar-refractivity contribution in [2.75, 3.05) is 38.2 Å². The minimum absolute atomic E-state index is 0.155. The number of nitrogens with one attached hydrogen (secondary N) is 2. The molecule has 1 aliphatic heterocycles. The van der Waals surface area contributed by atoms with Gasteiger partial charge in [0, 0.05) is 65.6 Å². The third-order valence-electron chi connectivity index (χ3n) is 5.69. The van der Waals surface area contributed by atoms with Crippen molar-refractivity contribution in [1.29, 1.82) is 0 Å². The van der Waals surface area contributed by atoms with Gasteiger partial charge >= 0.3 is 0 Å². The molecule has 174 valence electrons. The number of amides is 2. The highest BCUT2D eigenvalue weighted by atomic mass is 16.5. The predicted molar refractivity (Wildman–Crippen MR) is 131 cm³/mol. The Morgan fingerprint density at radius 2 is 1.58 bits per heavy atom. The van der Waals surface area contributed by atoms with Gasteiger partial charge in [-0.05, 0) is 69.3 Å². The molecule has 0 aliphatic carbocycles. The Kier molecular flexibility index (Phi) is 6.81. The molecule has 1 aliphatic rings. The summed E-state index contributed by atoms with van der Waals surface area (Å²) in [7, 11) is 0. The van der Waals surface area contributed by atoms with E-state index in [1.165, 1.54) is 0 Å². The van der Waals surface area contributed by atoms with Crippen LogP contribution in [-0.4, -0.2) is 59.7 Å². The summed E-state index contributed by atoms with van der Waals surface area (Å²) in [6, 6.07) is 14.7. The maximum absolute atomic E-state index is 12.7. The number of benzene rings is 2. The van der Waals surface area contributed by atoms with E-state index in [1.807, 2.05) is 39.0 Å². The van der Waals surface area contributed by atoms with Crippen LogP contribution in [0.1, 0.15) is 41.5 Å². The molecule has 33 heavy (non-hydrogen) atoms. The van der Waals surface area contributed by atoms with Crippen LogP contribution in [0.5, 0.6) is 0 Å². The summed E-state index contributed by atoms with van der Waals surface area (Å²) in [5.41, 5.74) is 2.61. The van der Waals surface area contributed by atoms with E-state index in [0.717, 1.165) is 56.0 Å². The number of nitrogens with zero attached hydrogens (tertiary/aromatic N) is 2. The second-order valence-electron chi connectivity index (χ2n) is 9.47. The summed E-state index contributed by atoms with van der Waals surface area (Å²) >= 11 is 0. The summed E-state index contributed by atoms with van der Waals surface area (Å²) < 4.78 is 7.66. The van der Waals surface area contributed by atoms with Gasteiger partial charge in [-0.1, -0.05) is 0 Å². The molecule has 7 heteroatoms. The first-order chi connectivity index (χ1) is 15.8. The van der Waals surface area contributed by atoms with E-state index >= 15 is 0 Å². The Morgan fingerprint density at radius 3 is 2.24 bits per heavy atom. The van der Waals surface area contributed by atoms with Crippen LogP contribution in [-0.2, 0) is 11.3 Å². The lowest BCUT2D eigenvalue weighted by Crippen LogP contribution is -2.40. The lowest BCUT2D eigenvalue weighted by Gasteiger charge is -2.26. The van der Waals surface area contributed by atoms with Gasteiger partial charge in [-0.25, -0.2) is 0 Å². The van der Waals surface area contributed by atoms with E-state index in [4.69, 9.17) is 4.74 Å². The van der Waals surface area contributed by atoms with E-state index in [-0.39, 0.29) is 17.4 Å². The SMILES string of the molecule is CC(C)(C)NC(=O)c1ccc(C(=O)Nc2ccc3c(ccn3CCN3CCOCC3)c2)cc1. The van der Waals surface area contributed by atoms with Crippen molar-refractivity contribution in [3.05, 3.63) is 65.9 Å². The average Bonchev–Trinajstić information content (AvgIpc) is 3.19. The molecular formula is C26H32N4O3. The van der Waals surface area contributed by atoms with Crippen LogP contribution in [0.15, 0.2) is 54.7 Å². The minimum Gasteiger partial charge on any atom is -0.379 e. The Labute approximate surface area is 194 Å². The molecule has 0 unspecified atom stereocenters. The first-order valence-corrected chi connectivity index (χ1v) is 11.4. The zero-order chi connectivity index (χ0) is 23.4. The van der Waals surface area contributed by atoms with Gasteiger partial charge in [0.05, 0.1) is 13.2 Å². The van der Waals surface area contributed by atoms with Gasteiger partial charge in [0.25, 0.3) is 11.8 Å². The van der Waals surface area contributed by atoms with Crippen LogP contribution >= 0.6 is 0 Å². The molecule has 0 atom stereocenters. The number of fused-ring (bicyclic) bond motifs is 1. The first kappa shape index (κ1) is 23.0. The van der Waals surface area contributed by atoms with Gasteiger partial charge in [0.15, 0.2) is 0 Å². The van der Waals surface area contributed by atoms with Crippen LogP contribution in [0.3, 0.4) is 0 Å². The molecule has 4 rings (SSSR count). The van der Waals surface area contributed by atoms with Gasteiger partial charge < -0.3 is 19.9 Å². The fourth-order valence-electron chi connectivity index (χ4n) is 3.94. The fraction of sp³-hybridized carbons (Fsp3) is 0.385. The van der Waals surface area contributed by atoms with Crippen molar-refractivity contribution in [2.24, 2.45) is 0 Å². The zero-order valence-electron chi connectivity index (χ0n) is 19.6. The smallest absolute Gasteiger partial charge is 0.255 e. The fourth-order valence-corrected chi connectivity index (χ4v) is 3.94. The molecule has 0 radical (unpaired) electrons. The number of hydrogen-bond donors (Lipinski definition) is 2. The number of anilines is 1. The predicted octanol–water partition coefficient (Wildman–Crippen LogP) is 3.75. The van der Waals surface area contributed by atoms with Crippen molar-refractivity contribution in [1.82, 2.24) is 14.8 Å². The number of carbonyl (C=O) groups is 2. The maximum atomic E-state index is 12.7. The van der Waals surface area contributed by atoms with E-state index < -0.39 is 0 Å². The summed E-state index contributed by atoms with van der Waals surface area (Å²) in [6.45, 7) is 11.3. The Morgan fingerprint density at radius 1 is 0.909 bits per heavy atom. The molecule has 0 bridgehead atoms. The summed E-state index contributed by atoms with van der Waals surface area (Å²) in [5.74, 6) is -0.359. The van der Waals surface area contributed by atoms with E-state index in [9.17, 15) is 9.59 Å². The van der Waals surface area contributed by atoms with Crippen molar-refractivity contribution >= 4 is 28.4 Å². The molecule has 2 amide bonds. The third-order valence-corrected chi connectivity index (χ3v) is 5.69. The highest BCUT2D eigenvalue weighted by Crippen LogP contribution is 2.21. The van der Waals surface area contributed by atoms with Crippen molar-refractivity contribution < 1.29 is 14.3 Å². The third kappa shape index (κ3) is 6.00. The number of hydrogen-bond acceptors (Lipinski definition) is 4. The lowest BCUT2D eigenvalue weighted by molar-refractivity contribution is 0.0365. The normalized spacial score (nSPS) is 14.9. The number of morpholine rings is 1. The molecule has 3 aromatic rings. The molecule has 0 spiro atoms.